The number of halogens is 1. The fraction of sp³-hybridized carbons (Fsp3) is 0.444. The molecule has 3 nitrogen and oxygen atoms in total. The number of hydrogen-bond donors (Lipinski definition) is 1. The average molecular weight is 183 g/mol. The lowest BCUT2D eigenvalue weighted by Crippen LogP contribution is -2.15. The van der Waals surface area contributed by atoms with Crippen LogP contribution in [0.4, 0.5) is 4.39 Å². The van der Waals surface area contributed by atoms with Gasteiger partial charge in [0.25, 0.3) is 0 Å². The van der Waals surface area contributed by atoms with Gasteiger partial charge in [-0.2, -0.15) is 0 Å². The van der Waals surface area contributed by atoms with Gasteiger partial charge in [-0.25, -0.2) is 4.39 Å². The number of aliphatic hydroxyl groups excluding tert-OH is 1. The summed E-state index contributed by atoms with van der Waals surface area (Å²) in [6.45, 7) is 0.757. The zero-order chi connectivity index (χ0) is 9.26. The molecule has 1 aliphatic rings. The maximum Gasteiger partial charge on any atom is 0.141 e. The second-order valence-corrected chi connectivity index (χ2v) is 3.15. The fourth-order valence-corrected chi connectivity index (χ4v) is 1.49. The summed E-state index contributed by atoms with van der Waals surface area (Å²) in [6, 6.07) is 1.38. The highest BCUT2D eigenvalue weighted by Gasteiger charge is 2.27. The third kappa shape index (κ3) is 1.68. The molecular formula is C9H10FNO2. The summed E-state index contributed by atoms with van der Waals surface area (Å²) in [7, 11) is 0. The van der Waals surface area contributed by atoms with Gasteiger partial charge in [0.15, 0.2) is 0 Å². The Kier molecular flexibility index (Phi) is 2.24. The predicted molar refractivity (Wildman–Crippen MR) is 43.8 cm³/mol. The van der Waals surface area contributed by atoms with Crippen LogP contribution in [0.5, 0.6) is 0 Å². The van der Waals surface area contributed by atoms with Crippen molar-refractivity contribution < 1.29 is 14.2 Å². The van der Waals surface area contributed by atoms with E-state index in [-0.39, 0.29) is 11.7 Å². The number of rotatable bonds is 1. The second-order valence-electron chi connectivity index (χ2n) is 3.15. The van der Waals surface area contributed by atoms with Crippen LogP contribution in [-0.4, -0.2) is 29.4 Å². The van der Waals surface area contributed by atoms with Crippen molar-refractivity contribution in [1.29, 1.82) is 0 Å². The lowest BCUT2D eigenvalue weighted by molar-refractivity contribution is 0.124. The van der Waals surface area contributed by atoms with Crippen molar-refractivity contribution in [2.24, 2.45) is 0 Å². The third-order valence-corrected chi connectivity index (χ3v) is 2.20. The van der Waals surface area contributed by atoms with Gasteiger partial charge in [0, 0.05) is 12.1 Å². The number of nitrogens with zero attached hydrogens (tertiary/aromatic N) is 1. The number of pyridine rings is 1. The van der Waals surface area contributed by atoms with E-state index in [0.29, 0.717) is 18.8 Å². The molecule has 0 unspecified atom stereocenters. The van der Waals surface area contributed by atoms with Crippen LogP contribution in [0.15, 0.2) is 18.5 Å². The Hall–Kier alpha value is -1.00. The molecule has 1 fully saturated rings. The zero-order valence-electron chi connectivity index (χ0n) is 6.98. The van der Waals surface area contributed by atoms with E-state index >= 15 is 0 Å². The average Bonchev–Trinajstić information content (AvgIpc) is 2.51. The van der Waals surface area contributed by atoms with E-state index in [1.54, 1.807) is 6.20 Å². The fourth-order valence-electron chi connectivity index (χ4n) is 1.49. The normalized spacial score (nSPS) is 27.8. The summed E-state index contributed by atoms with van der Waals surface area (Å²) < 4.78 is 17.8. The Morgan fingerprint density at radius 2 is 2.31 bits per heavy atom. The number of aliphatic hydroxyl groups is 1. The summed E-state index contributed by atoms with van der Waals surface area (Å²) in [5.41, 5.74) is 0.699. The van der Waals surface area contributed by atoms with Gasteiger partial charge >= 0.3 is 0 Å². The van der Waals surface area contributed by atoms with E-state index in [9.17, 15) is 9.50 Å². The van der Waals surface area contributed by atoms with Gasteiger partial charge in [-0.1, -0.05) is 0 Å². The van der Waals surface area contributed by atoms with E-state index in [0.717, 1.165) is 6.20 Å². The summed E-state index contributed by atoms with van der Waals surface area (Å²) in [5, 5.41) is 9.46. The molecule has 1 aliphatic heterocycles. The smallest absolute Gasteiger partial charge is 0.141 e. The van der Waals surface area contributed by atoms with Gasteiger partial charge in [0.1, 0.15) is 5.82 Å². The Morgan fingerprint density at radius 3 is 2.92 bits per heavy atom. The molecule has 1 aromatic heterocycles. The Bertz CT molecular complexity index is 305. The van der Waals surface area contributed by atoms with E-state index in [1.165, 1.54) is 6.07 Å². The van der Waals surface area contributed by atoms with Crippen molar-refractivity contribution in [2.75, 3.05) is 13.2 Å². The van der Waals surface area contributed by atoms with Crippen molar-refractivity contribution in [3.63, 3.8) is 0 Å². The first-order valence-corrected chi connectivity index (χ1v) is 4.13. The quantitative estimate of drug-likeness (QED) is 0.696. The van der Waals surface area contributed by atoms with Crippen LogP contribution in [0.3, 0.4) is 0 Å². The van der Waals surface area contributed by atoms with Crippen LogP contribution in [-0.2, 0) is 4.74 Å². The monoisotopic (exact) mass is 183 g/mol. The lowest BCUT2D eigenvalue weighted by atomic mass is 9.98. The molecule has 2 rings (SSSR count). The molecule has 1 saturated heterocycles. The largest absolute Gasteiger partial charge is 0.390 e. The minimum absolute atomic E-state index is 0.136. The van der Waals surface area contributed by atoms with E-state index in [4.69, 9.17) is 4.74 Å². The molecule has 4 heteroatoms. The first kappa shape index (κ1) is 8.59. The molecule has 0 bridgehead atoms. The van der Waals surface area contributed by atoms with Crippen LogP contribution < -0.4 is 0 Å². The van der Waals surface area contributed by atoms with E-state index in [2.05, 4.69) is 4.98 Å². The summed E-state index contributed by atoms with van der Waals surface area (Å²) in [4.78, 5) is 3.72. The Morgan fingerprint density at radius 1 is 1.46 bits per heavy atom. The summed E-state index contributed by atoms with van der Waals surface area (Å²) in [6.07, 6.45) is 2.17. The SMILES string of the molecule is O[C@@H]1COC[C@H]1c1cncc(F)c1. The van der Waals surface area contributed by atoms with Gasteiger partial charge in [0.05, 0.1) is 25.5 Å². The molecule has 13 heavy (non-hydrogen) atoms. The van der Waals surface area contributed by atoms with Crippen molar-refractivity contribution in [3.05, 3.63) is 29.8 Å². The molecular weight excluding hydrogens is 173 g/mol. The predicted octanol–water partition coefficient (Wildman–Crippen LogP) is 0.695. The molecule has 1 aromatic rings. The number of hydrogen-bond acceptors (Lipinski definition) is 3. The van der Waals surface area contributed by atoms with Crippen molar-refractivity contribution >= 4 is 0 Å². The maximum absolute atomic E-state index is 12.8. The highest BCUT2D eigenvalue weighted by atomic mass is 19.1. The second kappa shape index (κ2) is 3.40. The highest BCUT2D eigenvalue weighted by Crippen LogP contribution is 2.25. The van der Waals surface area contributed by atoms with Gasteiger partial charge in [0.2, 0.25) is 0 Å². The standard InChI is InChI=1S/C9H10FNO2/c10-7-1-6(2-11-3-7)8-4-13-5-9(8)12/h1-3,8-9,12H,4-5H2/t8-,9+/m0/s1. The molecule has 0 aromatic carbocycles. The van der Waals surface area contributed by atoms with Crippen molar-refractivity contribution in [3.8, 4) is 0 Å². The zero-order valence-corrected chi connectivity index (χ0v) is 6.98. The van der Waals surface area contributed by atoms with Gasteiger partial charge in [-0.3, -0.25) is 4.98 Å². The van der Waals surface area contributed by atoms with Gasteiger partial charge in [-0.05, 0) is 11.6 Å². The Balaban J connectivity index is 2.24. The lowest BCUT2D eigenvalue weighted by Gasteiger charge is -2.11. The van der Waals surface area contributed by atoms with E-state index < -0.39 is 6.10 Å². The minimum atomic E-state index is -0.538. The van der Waals surface area contributed by atoms with Crippen LogP contribution in [0, 0.1) is 5.82 Å². The van der Waals surface area contributed by atoms with Crippen LogP contribution in [0.1, 0.15) is 11.5 Å². The highest BCUT2D eigenvalue weighted by molar-refractivity contribution is 5.18. The third-order valence-electron chi connectivity index (χ3n) is 2.20. The number of aromatic nitrogens is 1. The van der Waals surface area contributed by atoms with E-state index in [1.807, 2.05) is 0 Å². The molecule has 0 radical (unpaired) electrons. The van der Waals surface area contributed by atoms with Gasteiger partial charge < -0.3 is 9.84 Å². The maximum atomic E-state index is 12.8. The van der Waals surface area contributed by atoms with Crippen molar-refractivity contribution in [2.45, 2.75) is 12.0 Å². The molecule has 0 amide bonds. The van der Waals surface area contributed by atoms with Crippen molar-refractivity contribution in [1.82, 2.24) is 4.98 Å². The van der Waals surface area contributed by atoms with Crippen LogP contribution in [0.25, 0.3) is 0 Å². The molecule has 1 N–H and O–H groups in total. The Labute approximate surface area is 75.2 Å². The minimum Gasteiger partial charge on any atom is -0.390 e. The number of ether oxygens (including phenoxy) is 1. The molecule has 2 heterocycles. The summed E-state index contributed by atoms with van der Waals surface area (Å²) >= 11 is 0. The first-order valence-electron chi connectivity index (χ1n) is 4.13. The van der Waals surface area contributed by atoms with Gasteiger partial charge in [-0.15, -0.1) is 0 Å². The first-order chi connectivity index (χ1) is 6.27. The molecule has 0 spiro atoms. The molecule has 0 aliphatic carbocycles. The topological polar surface area (TPSA) is 42.4 Å². The molecule has 2 atom stereocenters. The molecule has 70 valence electrons. The summed E-state index contributed by atoms with van der Waals surface area (Å²) in [5.74, 6) is -0.514. The van der Waals surface area contributed by atoms with Crippen LogP contribution >= 0.6 is 0 Å². The van der Waals surface area contributed by atoms with Crippen LogP contribution in [0.2, 0.25) is 0 Å². The molecule has 0 saturated carbocycles.